The molecule has 19 heavy (non-hydrogen) atoms. The molecule has 0 aliphatic carbocycles. The smallest absolute Gasteiger partial charge is 0.252 e. The maximum Gasteiger partial charge on any atom is 0.252 e. The Morgan fingerprint density at radius 1 is 1.53 bits per heavy atom. The van der Waals surface area contributed by atoms with Crippen LogP contribution in [-0.2, 0) is 13.0 Å². The number of nitrogens with zero attached hydrogens (tertiary/aromatic N) is 1. The quantitative estimate of drug-likeness (QED) is 0.894. The van der Waals surface area contributed by atoms with E-state index in [4.69, 9.17) is 11.6 Å². The molecule has 2 rings (SSSR count). The molecular formula is C13H12BrClN2OS. The highest BCUT2D eigenvalue weighted by Crippen LogP contribution is 2.21. The van der Waals surface area contributed by atoms with Gasteiger partial charge in [-0.15, -0.1) is 11.3 Å². The first-order valence-corrected chi connectivity index (χ1v) is 7.75. The van der Waals surface area contributed by atoms with Crippen molar-refractivity contribution in [3.05, 3.63) is 49.3 Å². The Morgan fingerprint density at radius 2 is 2.32 bits per heavy atom. The van der Waals surface area contributed by atoms with Crippen LogP contribution in [0.25, 0.3) is 0 Å². The zero-order chi connectivity index (χ0) is 13.8. The van der Waals surface area contributed by atoms with E-state index in [2.05, 4.69) is 33.2 Å². The van der Waals surface area contributed by atoms with Gasteiger partial charge in [0.2, 0.25) is 0 Å². The van der Waals surface area contributed by atoms with Crippen LogP contribution in [0.2, 0.25) is 5.02 Å². The first-order valence-electron chi connectivity index (χ1n) is 5.77. The van der Waals surface area contributed by atoms with Gasteiger partial charge in [0.1, 0.15) is 5.01 Å². The molecular weight excluding hydrogens is 348 g/mol. The first kappa shape index (κ1) is 14.5. The Kier molecular flexibility index (Phi) is 4.96. The van der Waals surface area contributed by atoms with Gasteiger partial charge in [0.05, 0.1) is 12.1 Å². The predicted octanol–water partition coefficient (Wildman–Crippen LogP) is 4.05. The number of nitrogens with one attached hydrogen (secondary N) is 1. The van der Waals surface area contributed by atoms with Crippen LogP contribution in [0, 0.1) is 0 Å². The average molecular weight is 360 g/mol. The molecule has 0 atom stereocenters. The van der Waals surface area contributed by atoms with E-state index in [9.17, 15) is 4.79 Å². The van der Waals surface area contributed by atoms with Gasteiger partial charge in [-0.3, -0.25) is 4.79 Å². The fourth-order valence-electron chi connectivity index (χ4n) is 1.52. The molecule has 3 nitrogen and oxygen atoms in total. The molecule has 0 saturated carbocycles. The Bertz CT molecular complexity index is 600. The Morgan fingerprint density at radius 3 is 2.95 bits per heavy atom. The molecule has 0 radical (unpaired) electrons. The first-order chi connectivity index (χ1) is 9.10. The number of aromatic nitrogens is 1. The Balaban J connectivity index is 2.01. The van der Waals surface area contributed by atoms with Crippen LogP contribution in [0.4, 0.5) is 0 Å². The van der Waals surface area contributed by atoms with Crippen molar-refractivity contribution in [3.8, 4) is 0 Å². The van der Waals surface area contributed by atoms with E-state index in [1.165, 1.54) is 4.88 Å². The van der Waals surface area contributed by atoms with Crippen molar-refractivity contribution in [2.75, 3.05) is 0 Å². The summed E-state index contributed by atoms with van der Waals surface area (Å²) in [4.78, 5) is 17.5. The lowest BCUT2D eigenvalue weighted by Gasteiger charge is -2.05. The number of carbonyl (C=O) groups is 1. The minimum Gasteiger partial charge on any atom is -0.345 e. The number of rotatable bonds is 4. The largest absolute Gasteiger partial charge is 0.345 e. The van der Waals surface area contributed by atoms with Gasteiger partial charge in [-0.1, -0.05) is 18.5 Å². The van der Waals surface area contributed by atoms with Crippen molar-refractivity contribution < 1.29 is 4.79 Å². The maximum atomic E-state index is 12.0. The van der Waals surface area contributed by atoms with E-state index in [0.717, 1.165) is 11.4 Å². The zero-order valence-corrected chi connectivity index (χ0v) is 13.4. The van der Waals surface area contributed by atoms with E-state index in [1.807, 2.05) is 6.20 Å². The van der Waals surface area contributed by atoms with Gasteiger partial charge in [0, 0.05) is 20.6 Å². The summed E-state index contributed by atoms with van der Waals surface area (Å²) in [6.07, 6.45) is 2.82. The van der Waals surface area contributed by atoms with Gasteiger partial charge < -0.3 is 5.32 Å². The van der Waals surface area contributed by atoms with Crippen molar-refractivity contribution in [3.63, 3.8) is 0 Å². The van der Waals surface area contributed by atoms with Gasteiger partial charge in [-0.25, -0.2) is 4.98 Å². The van der Waals surface area contributed by atoms with Crippen molar-refractivity contribution in [1.82, 2.24) is 10.3 Å². The van der Waals surface area contributed by atoms with E-state index in [1.54, 1.807) is 29.5 Å². The van der Waals surface area contributed by atoms with E-state index < -0.39 is 0 Å². The molecule has 1 aromatic heterocycles. The monoisotopic (exact) mass is 358 g/mol. The molecule has 0 bridgehead atoms. The molecule has 1 heterocycles. The highest BCUT2D eigenvalue weighted by atomic mass is 79.9. The molecule has 1 amide bonds. The molecule has 0 fully saturated rings. The number of thiazole rings is 1. The van der Waals surface area contributed by atoms with Crippen LogP contribution >= 0.6 is 38.9 Å². The zero-order valence-electron chi connectivity index (χ0n) is 10.2. The summed E-state index contributed by atoms with van der Waals surface area (Å²) in [5.74, 6) is -0.142. The number of amides is 1. The summed E-state index contributed by atoms with van der Waals surface area (Å²) in [7, 11) is 0. The van der Waals surface area contributed by atoms with E-state index in [-0.39, 0.29) is 5.91 Å². The van der Waals surface area contributed by atoms with Crippen molar-refractivity contribution in [2.45, 2.75) is 19.9 Å². The summed E-state index contributed by atoms with van der Waals surface area (Å²) in [5, 5.41) is 4.35. The lowest BCUT2D eigenvalue weighted by Crippen LogP contribution is -2.23. The molecule has 0 aliphatic heterocycles. The Labute approximate surface area is 129 Å². The Hall–Kier alpha value is -0.910. The summed E-state index contributed by atoms with van der Waals surface area (Å²) in [5.41, 5.74) is 0.566. The molecule has 100 valence electrons. The lowest BCUT2D eigenvalue weighted by molar-refractivity contribution is 0.0950. The van der Waals surface area contributed by atoms with Gasteiger partial charge in [-0.2, -0.15) is 0 Å². The predicted molar refractivity (Wildman–Crippen MR) is 81.8 cm³/mol. The fourth-order valence-corrected chi connectivity index (χ4v) is 3.18. The minimum atomic E-state index is -0.142. The van der Waals surface area contributed by atoms with Crippen LogP contribution in [0.15, 0.2) is 28.9 Å². The van der Waals surface area contributed by atoms with Gasteiger partial charge in [0.25, 0.3) is 5.91 Å². The number of carbonyl (C=O) groups excluding carboxylic acids is 1. The van der Waals surface area contributed by atoms with Gasteiger partial charge in [-0.05, 0) is 40.5 Å². The highest BCUT2D eigenvalue weighted by molar-refractivity contribution is 9.10. The molecule has 0 unspecified atom stereocenters. The lowest BCUT2D eigenvalue weighted by atomic mass is 10.2. The topological polar surface area (TPSA) is 42.0 Å². The van der Waals surface area contributed by atoms with Crippen molar-refractivity contribution >= 4 is 44.8 Å². The van der Waals surface area contributed by atoms with Crippen LogP contribution in [0.3, 0.4) is 0 Å². The molecule has 0 spiro atoms. The van der Waals surface area contributed by atoms with Gasteiger partial charge >= 0.3 is 0 Å². The number of benzene rings is 1. The summed E-state index contributed by atoms with van der Waals surface area (Å²) >= 11 is 10.8. The van der Waals surface area contributed by atoms with Gasteiger partial charge in [0.15, 0.2) is 0 Å². The molecule has 2 aromatic rings. The average Bonchev–Trinajstić information content (AvgIpc) is 2.84. The molecule has 6 heteroatoms. The molecule has 1 aromatic carbocycles. The van der Waals surface area contributed by atoms with Crippen molar-refractivity contribution in [1.29, 1.82) is 0 Å². The van der Waals surface area contributed by atoms with Crippen LogP contribution in [0.5, 0.6) is 0 Å². The van der Waals surface area contributed by atoms with Crippen LogP contribution in [-0.4, -0.2) is 10.9 Å². The highest BCUT2D eigenvalue weighted by Gasteiger charge is 2.10. The van der Waals surface area contributed by atoms with Crippen LogP contribution in [0.1, 0.15) is 27.2 Å². The molecule has 1 N–H and O–H groups in total. The van der Waals surface area contributed by atoms with Crippen LogP contribution < -0.4 is 5.32 Å². The van der Waals surface area contributed by atoms with E-state index >= 15 is 0 Å². The summed E-state index contributed by atoms with van der Waals surface area (Å²) in [6.45, 7) is 2.53. The summed E-state index contributed by atoms with van der Waals surface area (Å²) < 4.78 is 0.686. The minimum absolute atomic E-state index is 0.142. The number of hydrogen-bond acceptors (Lipinski definition) is 3. The summed E-state index contributed by atoms with van der Waals surface area (Å²) in [6, 6.07) is 5.09. The SMILES string of the molecule is CCc1cnc(CNC(=O)c2ccc(Cl)cc2Br)s1. The second-order valence-electron chi connectivity index (χ2n) is 3.88. The fraction of sp³-hybridized carbons (Fsp3) is 0.231. The third-order valence-electron chi connectivity index (χ3n) is 2.53. The number of halogens is 2. The van der Waals surface area contributed by atoms with E-state index in [0.29, 0.717) is 21.6 Å². The normalized spacial score (nSPS) is 10.5. The standard InChI is InChI=1S/C13H12BrClN2OS/c1-2-9-6-16-12(19-9)7-17-13(18)10-4-3-8(15)5-11(10)14/h3-6H,2,7H2,1H3,(H,17,18). The number of hydrogen-bond donors (Lipinski definition) is 1. The maximum absolute atomic E-state index is 12.0. The molecule has 0 aliphatic rings. The third-order valence-corrected chi connectivity index (χ3v) is 4.56. The molecule has 0 saturated heterocycles. The second kappa shape index (κ2) is 6.50. The van der Waals surface area contributed by atoms with Crippen molar-refractivity contribution in [2.24, 2.45) is 0 Å². The second-order valence-corrected chi connectivity index (χ2v) is 6.37. The third kappa shape index (κ3) is 3.78. The number of aryl methyl sites for hydroxylation is 1.